The molecule has 0 spiro atoms. The van der Waals surface area contributed by atoms with Crippen molar-refractivity contribution < 1.29 is 47.7 Å². The molecule has 0 radical (unpaired) electrons. The average molecular weight is 802 g/mol. The maximum atomic E-state index is 14.8. The molecule has 57 heavy (non-hydrogen) atoms. The van der Waals surface area contributed by atoms with E-state index in [2.05, 4.69) is 10.6 Å². The molecule has 4 atom stereocenters. The minimum atomic E-state index is -1.23. The number of aryl methyl sites for hydroxylation is 1. The van der Waals surface area contributed by atoms with E-state index in [0.717, 1.165) is 0 Å². The van der Waals surface area contributed by atoms with Gasteiger partial charge in [-0.25, -0.2) is 14.0 Å². The van der Waals surface area contributed by atoms with Crippen LogP contribution in [0.3, 0.4) is 0 Å². The highest BCUT2D eigenvalue weighted by Crippen LogP contribution is 2.37. The smallest absolute Gasteiger partial charge is 0.410 e. The Labute approximate surface area is 336 Å². The van der Waals surface area contributed by atoms with E-state index < -0.39 is 82.2 Å². The summed E-state index contributed by atoms with van der Waals surface area (Å²) in [6.45, 7) is 21.0. The maximum absolute atomic E-state index is 14.8. The van der Waals surface area contributed by atoms with Gasteiger partial charge in [-0.2, -0.15) is 0 Å². The standard InChI is InChI=1S/C42H64FN5O9/c1-16-56-38(54)29(19-20-32(49)50)44-35(51)25(4)21-30(24(2)3)47(14)37(53)33(40(5,6)7)45-36(52)34(48(15)39(55)57-41(8,9)10)42(11,12)28-23-46(13)31-22-26(43)17-18-27(28)31/h17-18,21-24,29-30,33-34H,16,19-20H2,1-15H3,(H,44,51)(H,45,52)(H,49,50)/b25-21+/t29-,30-,33?,34-/m1/s1. The number of nitrogens with one attached hydrogen (secondary N) is 2. The number of esters is 1. The fraction of sp³-hybridized carbons (Fsp3) is 0.619. The van der Waals surface area contributed by atoms with Crippen molar-refractivity contribution in [3.8, 4) is 0 Å². The number of hydrogen-bond donors (Lipinski definition) is 3. The number of amides is 4. The van der Waals surface area contributed by atoms with Gasteiger partial charge in [0.1, 0.15) is 29.5 Å². The molecule has 0 aliphatic heterocycles. The normalized spacial score (nSPS) is 14.6. The highest BCUT2D eigenvalue weighted by molar-refractivity contribution is 5.97. The van der Waals surface area contributed by atoms with Crippen LogP contribution in [-0.2, 0) is 45.9 Å². The van der Waals surface area contributed by atoms with Gasteiger partial charge in [-0.15, -0.1) is 0 Å². The van der Waals surface area contributed by atoms with Crippen LogP contribution in [0.15, 0.2) is 36.0 Å². The van der Waals surface area contributed by atoms with Crippen LogP contribution in [0, 0.1) is 17.2 Å². The van der Waals surface area contributed by atoms with Crippen molar-refractivity contribution in [1.82, 2.24) is 25.0 Å². The lowest BCUT2D eigenvalue weighted by Crippen LogP contribution is -2.63. The van der Waals surface area contributed by atoms with Crippen molar-refractivity contribution >= 4 is 46.7 Å². The number of rotatable bonds is 16. The summed E-state index contributed by atoms with van der Waals surface area (Å²) in [5.41, 5.74) is -1.43. The largest absolute Gasteiger partial charge is 0.481 e. The lowest BCUT2D eigenvalue weighted by molar-refractivity contribution is -0.147. The van der Waals surface area contributed by atoms with Gasteiger partial charge in [0.05, 0.1) is 18.2 Å². The van der Waals surface area contributed by atoms with Crippen LogP contribution in [-0.4, -0.2) is 106 Å². The lowest BCUT2D eigenvalue weighted by atomic mass is 9.76. The predicted molar refractivity (Wildman–Crippen MR) is 216 cm³/mol. The molecular weight excluding hydrogens is 737 g/mol. The predicted octanol–water partition coefficient (Wildman–Crippen LogP) is 5.70. The lowest BCUT2D eigenvalue weighted by Gasteiger charge is -2.42. The van der Waals surface area contributed by atoms with Gasteiger partial charge in [0.2, 0.25) is 17.7 Å². The molecule has 0 saturated heterocycles. The maximum Gasteiger partial charge on any atom is 0.410 e. The molecule has 0 saturated carbocycles. The van der Waals surface area contributed by atoms with Crippen LogP contribution < -0.4 is 10.6 Å². The molecule has 0 aliphatic carbocycles. The highest BCUT2D eigenvalue weighted by atomic mass is 19.1. The summed E-state index contributed by atoms with van der Waals surface area (Å²) in [5, 5.41) is 15.4. The number of likely N-dealkylation sites (N-methyl/N-ethyl adjacent to an activating group) is 2. The second-order valence-corrected chi connectivity index (χ2v) is 17.6. The molecule has 0 bridgehead atoms. The van der Waals surface area contributed by atoms with Gasteiger partial charge in [0.15, 0.2) is 0 Å². The number of carbonyl (C=O) groups excluding carboxylic acids is 5. The number of halogens is 1. The fourth-order valence-electron chi connectivity index (χ4n) is 6.78. The van der Waals surface area contributed by atoms with E-state index in [9.17, 15) is 33.2 Å². The van der Waals surface area contributed by atoms with Gasteiger partial charge in [0, 0.05) is 50.1 Å². The van der Waals surface area contributed by atoms with Crippen molar-refractivity contribution in [3.63, 3.8) is 0 Å². The summed E-state index contributed by atoms with van der Waals surface area (Å²) in [4.78, 5) is 82.7. The van der Waals surface area contributed by atoms with E-state index in [0.29, 0.717) is 16.5 Å². The second-order valence-electron chi connectivity index (χ2n) is 17.6. The fourth-order valence-corrected chi connectivity index (χ4v) is 6.78. The van der Waals surface area contributed by atoms with Crippen molar-refractivity contribution in [3.05, 3.63) is 47.4 Å². The minimum Gasteiger partial charge on any atom is -0.481 e. The van der Waals surface area contributed by atoms with Crippen LogP contribution in [0.1, 0.15) is 101 Å². The third-order valence-corrected chi connectivity index (χ3v) is 9.83. The van der Waals surface area contributed by atoms with Crippen molar-refractivity contribution in [1.29, 1.82) is 0 Å². The van der Waals surface area contributed by atoms with E-state index >= 15 is 0 Å². The van der Waals surface area contributed by atoms with Crippen LogP contribution in [0.5, 0.6) is 0 Å². The summed E-state index contributed by atoms with van der Waals surface area (Å²) in [7, 11) is 4.80. The van der Waals surface area contributed by atoms with Gasteiger partial charge in [-0.1, -0.05) is 54.5 Å². The van der Waals surface area contributed by atoms with Crippen LogP contribution in [0.25, 0.3) is 10.9 Å². The van der Waals surface area contributed by atoms with Gasteiger partial charge in [-0.3, -0.25) is 24.1 Å². The molecule has 2 rings (SSSR count). The molecule has 14 nitrogen and oxygen atoms in total. The number of ether oxygens (including phenoxy) is 2. The number of carboxylic acids is 1. The van der Waals surface area contributed by atoms with Crippen molar-refractivity contribution in [2.75, 3.05) is 20.7 Å². The Bertz CT molecular complexity index is 1840. The van der Waals surface area contributed by atoms with E-state index in [1.807, 2.05) is 13.8 Å². The molecule has 4 amide bonds. The van der Waals surface area contributed by atoms with Gasteiger partial charge < -0.3 is 34.7 Å². The molecule has 0 fully saturated rings. The molecule has 2 aromatic rings. The van der Waals surface area contributed by atoms with Gasteiger partial charge in [-0.05, 0) is 76.1 Å². The Morgan fingerprint density at radius 2 is 1.56 bits per heavy atom. The molecule has 1 unspecified atom stereocenters. The quantitative estimate of drug-likeness (QED) is 0.142. The van der Waals surface area contributed by atoms with Crippen molar-refractivity contribution in [2.24, 2.45) is 18.4 Å². The minimum absolute atomic E-state index is 0.0425. The molecular formula is C42H64FN5O9. The van der Waals surface area contributed by atoms with Crippen molar-refractivity contribution in [2.45, 2.75) is 131 Å². The number of fused-ring (bicyclic) bond motifs is 1. The Morgan fingerprint density at radius 1 is 0.965 bits per heavy atom. The topological polar surface area (TPSA) is 177 Å². The second kappa shape index (κ2) is 19.0. The van der Waals surface area contributed by atoms with Gasteiger partial charge in [0.25, 0.3) is 0 Å². The van der Waals surface area contributed by atoms with Crippen LogP contribution in [0.2, 0.25) is 0 Å². The Morgan fingerprint density at radius 3 is 2.07 bits per heavy atom. The zero-order valence-corrected chi connectivity index (χ0v) is 36.3. The molecule has 3 N–H and O–H groups in total. The first-order valence-electron chi connectivity index (χ1n) is 19.2. The molecule has 0 aliphatic rings. The average Bonchev–Trinajstić information content (AvgIpc) is 3.41. The number of nitrogens with zero attached hydrogens (tertiary/aromatic N) is 3. The monoisotopic (exact) mass is 801 g/mol. The summed E-state index contributed by atoms with van der Waals surface area (Å²) in [6.07, 6.45) is 2.08. The van der Waals surface area contributed by atoms with E-state index in [4.69, 9.17) is 14.6 Å². The first kappa shape index (κ1) is 48.2. The Balaban J connectivity index is 2.59. The third kappa shape index (κ3) is 12.5. The Hall–Kier alpha value is -4.95. The first-order valence-corrected chi connectivity index (χ1v) is 19.2. The zero-order chi connectivity index (χ0) is 44.0. The molecule has 1 heterocycles. The van der Waals surface area contributed by atoms with Gasteiger partial charge >= 0.3 is 18.0 Å². The first-order chi connectivity index (χ1) is 26.0. The molecule has 1 aromatic heterocycles. The highest BCUT2D eigenvalue weighted by Gasteiger charge is 2.47. The van der Waals surface area contributed by atoms with Crippen LogP contribution in [0.4, 0.5) is 9.18 Å². The SMILES string of the molecule is CCOC(=O)[C@@H](CCC(=O)O)NC(=O)/C(C)=C/[C@H](C(C)C)N(C)C(=O)C(NC(=O)[C@@H](N(C)C(=O)OC(C)(C)C)C(C)(C)c1cn(C)c2cc(F)ccc12)C(C)(C)C. The molecule has 15 heteroatoms. The third-order valence-electron chi connectivity index (χ3n) is 9.83. The summed E-state index contributed by atoms with van der Waals surface area (Å²) in [6, 6.07) is 0.144. The van der Waals surface area contributed by atoms with E-state index in [-0.39, 0.29) is 30.9 Å². The number of aromatic nitrogens is 1. The molecule has 1 aromatic carbocycles. The zero-order valence-electron chi connectivity index (χ0n) is 36.3. The number of carbonyl (C=O) groups is 6. The summed E-state index contributed by atoms with van der Waals surface area (Å²) >= 11 is 0. The number of aliphatic carboxylic acids is 1. The van der Waals surface area contributed by atoms with E-state index in [1.54, 1.807) is 99.3 Å². The summed E-state index contributed by atoms with van der Waals surface area (Å²) in [5.74, 6) is -4.29. The van der Waals surface area contributed by atoms with E-state index in [1.165, 1.54) is 35.9 Å². The number of carboxylic acid groups (broad SMARTS) is 1. The number of hydrogen-bond acceptors (Lipinski definition) is 8. The number of benzene rings is 1. The molecule has 318 valence electrons. The van der Waals surface area contributed by atoms with Crippen LogP contribution >= 0.6 is 0 Å². The summed E-state index contributed by atoms with van der Waals surface area (Å²) < 4.78 is 26.8. The Kier molecular flexibility index (Phi) is 16.1.